The van der Waals surface area contributed by atoms with E-state index in [0.29, 0.717) is 13.2 Å². The summed E-state index contributed by atoms with van der Waals surface area (Å²) in [5.74, 6) is 2.44. The lowest BCUT2D eigenvalue weighted by Gasteiger charge is -2.14. The van der Waals surface area contributed by atoms with E-state index >= 15 is 0 Å². The smallest absolute Gasteiger partial charge is 0.160 e. The molecule has 2 N–H and O–H groups in total. The minimum atomic E-state index is -0.516. The predicted molar refractivity (Wildman–Crippen MR) is 104 cm³/mol. The molecule has 0 radical (unpaired) electrons. The van der Waals surface area contributed by atoms with E-state index in [1.165, 1.54) is 23.3 Å². The van der Waals surface area contributed by atoms with Crippen LogP contribution in [0.2, 0.25) is 0 Å². The van der Waals surface area contributed by atoms with E-state index in [1.807, 2.05) is 18.2 Å². The summed E-state index contributed by atoms with van der Waals surface area (Å²) in [5.41, 5.74) is 2.51. The van der Waals surface area contributed by atoms with E-state index in [1.54, 1.807) is 25.6 Å². The molecule has 1 atom stereocenters. The molecule has 0 bridgehead atoms. The molecular weight excluding hydrogens is 350 g/mol. The lowest BCUT2D eigenvalue weighted by Crippen LogP contribution is -2.32. The van der Waals surface area contributed by atoms with Crippen LogP contribution in [0.1, 0.15) is 22.4 Å². The van der Waals surface area contributed by atoms with E-state index in [0.717, 1.165) is 42.2 Å². The zero-order valence-electron chi connectivity index (χ0n) is 15.4. The maximum Gasteiger partial charge on any atom is 0.160 e. The normalized spacial score (nSPS) is 14.1. The predicted octanol–water partition coefficient (Wildman–Crippen LogP) is 2.83. The van der Waals surface area contributed by atoms with E-state index in [4.69, 9.17) is 14.2 Å². The Morgan fingerprint density at radius 3 is 2.81 bits per heavy atom. The molecule has 3 rings (SSSR count). The van der Waals surface area contributed by atoms with Crippen molar-refractivity contribution in [3.05, 3.63) is 39.6 Å². The number of aryl methyl sites for hydroxylation is 1. The lowest BCUT2D eigenvalue weighted by molar-refractivity contribution is 0.106. The van der Waals surface area contributed by atoms with Crippen molar-refractivity contribution in [2.75, 3.05) is 33.9 Å². The molecule has 142 valence electrons. The number of aliphatic hydroxyl groups excluding tert-OH is 1. The standard InChI is InChI=1S/C20H27NO4S/c1-23-17-7-6-14(10-18(17)24-2)8-9-21-11-15(22)12-25-19-13-26-20-5-3-4-16(19)20/h6-7,10,13,15,21-22H,3-5,8-9,11-12H2,1-2H3. The monoisotopic (exact) mass is 377 g/mol. The van der Waals surface area contributed by atoms with Crippen LogP contribution in [0.3, 0.4) is 0 Å². The van der Waals surface area contributed by atoms with Gasteiger partial charge < -0.3 is 24.6 Å². The molecule has 0 amide bonds. The molecule has 6 heteroatoms. The second-order valence-electron chi connectivity index (χ2n) is 6.46. The van der Waals surface area contributed by atoms with Crippen LogP contribution < -0.4 is 19.5 Å². The average Bonchev–Trinajstić information content (AvgIpc) is 3.27. The Morgan fingerprint density at radius 2 is 2.00 bits per heavy atom. The van der Waals surface area contributed by atoms with E-state index in [-0.39, 0.29) is 0 Å². The maximum atomic E-state index is 10.1. The number of rotatable bonds is 10. The number of hydrogen-bond donors (Lipinski definition) is 2. The van der Waals surface area contributed by atoms with Gasteiger partial charge in [-0.1, -0.05) is 6.07 Å². The quantitative estimate of drug-likeness (QED) is 0.624. The van der Waals surface area contributed by atoms with Gasteiger partial charge in [-0.25, -0.2) is 0 Å². The Morgan fingerprint density at radius 1 is 1.15 bits per heavy atom. The van der Waals surface area contributed by atoms with Crippen molar-refractivity contribution in [1.29, 1.82) is 0 Å². The second-order valence-corrected chi connectivity index (χ2v) is 7.43. The number of thiophene rings is 1. The third kappa shape index (κ3) is 4.69. The number of methoxy groups -OCH3 is 2. The number of hydrogen-bond acceptors (Lipinski definition) is 6. The Kier molecular flexibility index (Phi) is 6.77. The van der Waals surface area contributed by atoms with Crippen molar-refractivity contribution in [2.45, 2.75) is 31.8 Å². The Hall–Kier alpha value is -1.76. The van der Waals surface area contributed by atoms with Gasteiger partial charge in [-0.3, -0.25) is 0 Å². The Bertz CT molecular complexity index is 716. The van der Waals surface area contributed by atoms with Crippen molar-refractivity contribution in [2.24, 2.45) is 0 Å². The maximum absolute atomic E-state index is 10.1. The summed E-state index contributed by atoms with van der Waals surface area (Å²) in [6.07, 6.45) is 3.83. The molecule has 0 fully saturated rings. The van der Waals surface area contributed by atoms with Crippen molar-refractivity contribution in [1.82, 2.24) is 5.32 Å². The van der Waals surface area contributed by atoms with Crippen molar-refractivity contribution in [3.8, 4) is 17.2 Å². The van der Waals surface area contributed by atoms with Gasteiger partial charge in [0, 0.05) is 22.4 Å². The fourth-order valence-electron chi connectivity index (χ4n) is 3.21. The molecule has 1 aliphatic carbocycles. The summed E-state index contributed by atoms with van der Waals surface area (Å²) >= 11 is 1.77. The molecule has 0 saturated heterocycles. The highest BCUT2D eigenvalue weighted by Crippen LogP contribution is 2.36. The molecule has 1 aromatic heterocycles. The molecule has 0 saturated carbocycles. The number of benzene rings is 1. The summed E-state index contributed by atoms with van der Waals surface area (Å²) in [6.45, 7) is 1.62. The SMILES string of the molecule is COc1ccc(CCNCC(O)COc2csc3c2CCC3)cc1OC. The van der Waals surface area contributed by atoms with Crippen molar-refractivity contribution in [3.63, 3.8) is 0 Å². The zero-order valence-corrected chi connectivity index (χ0v) is 16.2. The largest absolute Gasteiger partial charge is 0.493 e. The first-order valence-electron chi connectivity index (χ1n) is 9.03. The summed E-state index contributed by atoms with van der Waals surface area (Å²) in [6, 6.07) is 5.92. The molecular formula is C20H27NO4S. The van der Waals surface area contributed by atoms with Crippen LogP contribution in [-0.4, -0.2) is 45.1 Å². The van der Waals surface area contributed by atoms with Gasteiger partial charge >= 0.3 is 0 Å². The minimum absolute atomic E-state index is 0.326. The van der Waals surface area contributed by atoms with Gasteiger partial charge in [0.15, 0.2) is 11.5 Å². The molecule has 2 aromatic rings. The second kappa shape index (κ2) is 9.26. The van der Waals surface area contributed by atoms with E-state index in [9.17, 15) is 5.11 Å². The third-order valence-electron chi connectivity index (χ3n) is 4.62. The Balaban J connectivity index is 1.36. The zero-order chi connectivity index (χ0) is 18.4. The molecule has 26 heavy (non-hydrogen) atoms. The summed E-state index contributed by atoms with van der Waals surface area (Å²) < 4.78 is 16.4. The first-order chi connectivity index (χ1) is 12.7. The van der Waals surface area contributed by atoms with Crippen LogP contribution in [0.25, 0.3) is 0 Å². The minimum Gasteiger partial charge on any atom is -0.493 e. The van der Waals surface area contributed by atoms with Crippen LogP contribution in [0.5, 0.6) is 17.2 Å². The van der Waals surface area contributed by atoms with Gasteiger partial charge in [-0.05, 0) is 49.9 Å². The number of ether oxygens (including phenoxy) is 3. The van der Waals surface area contributed by atoms with Crippen LogP contribution in [0, 0.1) is 0 Å². The highest BCUT2D eigenvalue weighted by atomic mass is 32.1. The van der Waals surface area contributed by atoms with Gasteiger partial charge in [-0.15, -0.1) is 11.3 Å². The third-order valence-corrected chi connectivity index (χ3v) is 5.69. The first kappa shape index (κ1) is 19.0. The van der Waals surface area contributed by atoms with Crippen LogP contribution in [-0.2, 0) is 19.3 Å². The van der Waals surface area contributed by atoms with Gasteiger partial charge in [0.25, 0.3) is 0 Å². The van der Waals surface area contributed by atoms with E-state index < -0.39 is 6.10 Å². The van der Waals surface area contributed by atoms with Crippen LogP contribution in [0.4, 0.5) is 0 Å². The van der Waals surface area contributed by atoms with Crippen molar-refractivity contribution >= 4 is 11.3 Å². The van der Waals surface area contributed by atoms with Gasteiger partial charge in [-0.2, -0.15) is 0 Å². The fraction of sp³-hybridized carbons (Fsp3) is 0.500. The summed E-state index contributed by atoms with van der Waals surface area (Å²) in [4.78, 5) is 1.45. The van der Waals surface area contributed by atoms with Gasteiger partial charge in [0.05, 0.1) is 14.2 Å². The topological polar surface area (TPSA) is 60.0 Å². The average molecular weight is 378 g/mol. The molecule has 0 aliphatic heterocycles. The van der Waals surface area contributed by atoms with Crippen molar-refractivity contribution < 1.29 is 19.3 Å². The van der Waals surface area contributed by atoms with Gasteiger partial charge in [0.1, 0.15) is 18.5 Å². The van der Waals surface area contributed by atoms with Crippen LogP contribution >= 0.6 is 11.3 Å². The molecule has 0 spiro atoms. The van der Waals surface area contributed by atoms with Crippen LogP contribution in [0.15, 0.2) is 23.6 Å². The molecule has 1 aromatic carbocycles. The summed E-state index contributed by atoms with van der Waals surface area (Å²) in [5, 5.41) is 15.5. The number of fused-ring (bicyclic) bond motifs is 1. The molecule has 1 aliphatic rings. The highest BCUT2D eigenvalue weighted by Gasteiger charge is 2.18. The Labute approximate surface area is 158 Å². The van der Waals surface area contributed by atoms with Gasteiger partial charge in [0.2, 0.25) is 0 Å². The molecule has 1 unspecified atom stereocenters. The van der Waals surface area contributed by atoms with E-state index in [2.05, 4.69) is 10.7 Å². The fourth-order valence-corrected chi connectivity index (χ4v) is 4.27. The first-order valence-corrected chi connectivity index (χ1v) is 9.91. The molecule has 5 nitrogen and oxygen atoms in total. The molecule has 1 heterocycles. The highest BCUT2D eigenvalue weighted by molar-refractivity contribution is 7.10. The summed E-state index contributed by atoms with van der Waals surface area (Å²) in [7, 11) is 3.27. The number of nitrogens with one attached hydrogen (secondary N) is 1. The lowest BCUT2D eigenvalue weighted by atomic mass is 10.1. The number of aliphatic hydroxyl groups is 1.